The predicted molar refractivity (Wildman–Crippen MR) is 82.5 cm³/mol. The lowest BCUT2D eigenvalue weighted by molar-refractivity contribution is 0.225. The normalized spacial score (nSPS) is 14.0. The Morgan fingerprint density at radius 1 is 1.30 bits per heavy atom. The number of benzene rings is 1. The fourth-order valence-electron chi connectivity index (χ4n) is 1.77. The largest absolute Gasteiger partial charge is 0.483 e. The van der Waals surface area contributed by atoms with Crippen LogP contribution < -0.4 is 10.1 Å². The summed E-state index contributed by atoms with van der Waals surface area (Å²) in [5.74, 6) is 0.737. The summed E-state index contributed by atoms with van der Waals surface area (Å²) < 4.78 is 5.84. The summed E-state index contributed by atoms with van der Waals surface area (Å²) in [5, 5.41) is 14.2. The van der Waals surface area contributed by atoms with Crippen molar-refractivity contribution in [2.24, 2.45) is 0 Å². The first-order chi connectivity index (χ1) is 9.60. The number of halogens is 1. The molecule has 108 valence electrons. The van der Waals surface area contributed by atoms with E-state index < -0.39 is 0 Å². The summed E-state index contributed by atoms with van der Waals surface area (Å²) in [6.45, 7) is 7.02. The van der Waals surface area contributed by atoms with E-state index in [1.54, 1.807) is 17.4 Å². The van der Waals surface area contributed by atoms with Crippen molar-refractivity contribution in [3.8, 4) is 5.75 Å². The molecule has 0 spiro atoms. The van der Waals surface area contributed by atoms with Crippen LogP contribution in [0.5, 0.6) is 5.75 Å². The minimum absolute atomic E-state index is 0.145. The molecule has 1 aromatic carbocycles. The zero-order valence-electron chi connectivity index (χ0n) is 11.8. The maximum absolute atomic E-state index is 5.94. The number of hydrogen-bond donors (Lipinski definition) is 1. The highest BCUT2D eigenvalue weighted by Crippen LogP contribution is 2.27. The minimum atomic E-state index is -0.145. The van der Waals surface area contributed by atoms with E-state index in [1.165, 1.54) is 0 Å². The first-order valence-electron chi connectivity index (χ1n) is 6.59. The van der Waals surface area contributed by atoms with E-state index in [0.29, 0.717) is 5.02 Å². The van der Waals surface area contributed by atoms with Crippen molar-refractivity contribution in [1.82, 2.24) is 15.5 Å². The van der Waals surface area contributed by atoms with Gasteiger partial charge in [0, 0.05) is 5.02 Å². The van der Waals surface area contributed by atoms with Gasteiger partial charge in [-0.15, -0.1) is 10.2 Å². The Labute approximate surface area is 128 Å². The second kappa shape index (κ2) is 7.02. The van der Waals surface area contributed by atoms with Crippen molar-refractivity contribution < 1.29 is 4.74 Å². The van der Waals surface area contributed by atoms with E-state index in [-0.39, 0.29) is 12.1 Å². The minimum Gasteiger partial charge on any atom is -0.483 e. The quantitative estimate of drug-likeness (QED) is 0.876. The lowest BCUT2D eigenvalue weighted by Gasteiger charge is -2.11. The van der Waals surface area contributed by atoms with Gasteiger partial charge in [-0.3, -0.25) is 0 Å². The van der Waals surface area contributed by atoms with Crippen molar-refractivity contribution in [1.29, 1.82) is 0 Å². The van der Waals surface area contributed by atoms with Crippen LogP contribution in [0.25, 0.3) is 0 Å². The molecule has 1 N–H and O–H groups in total. The predicted octanol–water partition coefficient (Wildman–Crippen LogP) is 4.00. The highest BCUT2D eigenvalue weighted by molar-refractivity contribution is 7.11. The third-order valence-electron chi connectivity index (χ3n) is 2.79. The van der Waals surface area contributed by atoms with Crippen LogP contribution in [0.3, 0.4) is 0 Å². The van der Waals surface area contributed by atoms with Crippen LogP contribution in [0.15, 0.2) is 24.3 Å². The fourth-order valence-corrected chi connectivity index (χ4v) is 2.81. The summed E-state index contributed by atoms with van der Waals surface area (Å²) >= 11 is 7.51. The number of hydrogen-bond acceptors (Lipinski definition) is 5. The van der Waals surface area contributed by atoms with Gasteiger partial charge in [-0.1, -0.05) is 35.9 Å². The van der Waals surface area contributed by atoms with Crippen LogP contribution >= 0.6 is 22.9 Å². The van der Waals surface area contributed by atoms with Gasteiger partial charge < -0.3 is 10.1 Å². The number of nitrogens with zero attached hydrogens (tertiary/aromatic N) is 2. The highest BCUT2D eigenvalue weighted by atomic mass is 35.5. The molecule has 2 rings (SSSR count). The second-order valence-electron chi connectivity index (χ2n) is 4.48. The summed E-state index contributed by atoms with van der Waals surface area (Å²) in [6, 6.07) is 7.57. The standard InChI is InChI=1S/C14H18ClN3OS/c1-4-16-9(2)13-17-18-14(20-13)10(3)19-12-7-5-6-11(15)8-12/h5-10,16H,4H2,1-3H3. The Morgan fingerprint density at radius 2 is 2.05 bits per heavy atom. The molecular formula is C14H18ClN3OS. The van der Waals surface area contributed by atoms with Crippen molar-refractivity contribution in [2.75, 3.05) is 6.54 Å². The molecule has 0 aliphatic carbocycles. The van der Waals surface area contributed by atoms with Gasteiger partial charge in [-0.25, -0.2) is 0 Å². The molecule has 2 aromatic rings. The average Bonchev–Trinajstić information content (AvgIpc) is 2.88. The monoisotopic (exact) mass is 311 g/mol. The molecule has 0 aliphatic heterocycles. The zero-order valence-corrected chi connectivity index (χ0v) is 13.3. The molecule has 1 aromatic heterocycles. The maximum Gasteiger partial charge on any atom is 0.158 e. The molecule has 0 saturated carbocycles. The van der Waals surface area contributed by atoms with Gasteiger partial charge >= 0.3 is 0 Å². The maximum atomic E-state index is 5.94. The van der Waals surface area contributed by atoms with E-state index in [4.69, 9.17) is 16.3 Å². The molecule has 0 bridgehead atoms. The molecule has 2 unspecified atom stereocenters. The summed E-state index contributed by atoms with van der Waals surface area (Å²) in [6.07, 6.45) is -0.145. The SMILES string of the molecule is CCNC(C)c1nnc(C(C)Oc2cccc(Cl)c2)s1. The van der Waals surface area contributed by atoms with Gasteiger partial charge in [0.25, 0.3) is 0 Å². The van der Waals surface area contributed by atoms with Crippen molar-refractivity contribution in [3.63, 3.8) is 0 Å². The van der Waals surface area contributed by atoms with Gasteiger partial charge in [0.1, 0.15) is 16.9 Å². The molecule has 6 heteroatoms. The van der Waals surface area contributed by atoms with Crippen LogP contribution in [0.4, 0.5) is 0 Å². The molecule has 0 amide bonds. The summed E-state index contributed by atoms with van der Waals surface area (Å²) in [4.78, 5) is 0. The molecule has 1 heterocycles. The van der Waals surface area contributed by atoms with Gasteiger partial charge in [0.15, 0.2) is 5.01 Å². The summed E-state index contributed by atoms with van der Waals surface area (Å²) in [7, 11) is 0. The summed E-state index contributed by atoms with van der Waals surface area (Å²) in [5.41, 5.74) is 0. The van der Waals surface area contributed by atoms with Gasteiger partial charge in [0.05, 0.1) is 6.04 Å². The fraction of sp³-hybridized carbons (Fsp3) is 0.429. The van der Waals surface area contributed by atoms with Gasteiger partial charge in [-0.2, -0.15) is 0 Å². The number of ether oxygens (including phenoxy) is 1. The smallest absolute Gasteiger partial charge is 0.158 e. The highest BCUT2D eigenvalue weighted by Gasteiger charge is 2.16. The van der Waals surface area contributed by atoms with E-state index in [1.807, 2.05) is 25.1 Å². The Kier molecular flexibility index (Phi) is 5.34. The van der Waals surface area contributed by atoms with Crippen LogP contribution in [-0.2, 0) is 0 Å². The molecular weight excluding hydrogens is 294 g/mol. The lowest BCUT2D eigenvalue weighted by atomic mass is 10.3. The van der Waals surface area contributed by atoms with E-state index >= 15 is 0 Å². The zero-order chi connectivity index (χ0) is 14.5. The second-order valence-corrected chi connectivity index (χ2v) is 5.95. The van der Waals surface area contributed by atoms with Crippen molar-refractivity contribution >= 4 is 22.9 Å². The molecule has 0 aliphatic rings. The topological polar surface area (TPSA) is 47.0 Å². The first-order valence-corrected chi connectivity index (χ1v) is 7.78. The van der Waals surface area contributed by atoms with Crippen LogP contribution in [0, 0.1) is 0 Å². The Morgan fingerprint density at radius 3 is 2.75 bits per heavy atom. The Hall–Kier alpha value is -1.17. The molecule has 2 atom stereocenters. The Bertz CT molecular complexity index is 561. The first kappa shape index (κ1) is 15.2. The molecule has 4 nitrogen and oxygen atoms in total. The third-order valence-corrected chi connectivity index (χ3v) is 4.30. The number of aromatic nitrogens is 2. The number of nitrogens with one attached hydrogen (secondary N) is 1. The van der Waals surface area contributed by atoms with Crippen molar-refractivity contribution in [3.05, 3.63) is 39.3 Å². The number of rotatable bonds is 6. The van der Waals surface area contributed by atoms with Crippen molar-refractivity contribution in [2.45, 2.75) is 32.9 Å². The van der Waals surface area contributed by atoms with E-state index in [0.717, 1.165) is 22.3 Å². The van der Waals surface area contributed by atoms with E-state index in [2.05, 4.69) is 29.4 Å². The average molecular weight is 312 g/mol. The molecule has 0 saturated heterocycles. The molecule has 20 heavy (non-hydrogen) atoms. The molecule has 0 radical (unpaired) electrons. The van der Waals surface area contributed by atoms with Crippen LogP contribution in [0.2, 0.25) is 5.02 Å². The third kappa shape index (κ3) is 3.91. The van der Waals surface area contributed by atoms with E-state index in [9.17, 15) is 0 Å². The van der Waals surface area contributed by atoms with Crippen LogP contribution in [0.1, 0.15) is 42.9 Å². The Balaban J connectivity index is 2.04. The van der Waals surface area contributed by atoms with Gasteiger partial charge in [-0.05, 0) is 38.6 Å². The lowest BCUT2D eigenvalue weighted by Crippen LogP contribution is -2.17. The van der Waals surface area contributed by atoms with Crippen LogP contribution in [-0.4, -0.2) is 16.7 Å². The van der Waals surface area contributed by atoms with Gasteiger partial charge in [0.2, 0.25) is 0 Å². The molecule has 0 fully saturated rings.